The molecule has 172 valence electrons. The molecule has 1 heterocycles. The Morgan fingerprint density at radius 2 is 1.56 bits per heavy atom. The molecule has 0 aliphatic rings. The maximum atomic E-state index is 13.3. The number of carbonyl (C=O) groups is 1. The number of hydrogen-bond donors (Lipinski definition) is 1. The Labute approximate surface area is 198 Å². The summed E-state index contributed by atoms with van der Waals surface area (Å²) in [6.45, 7) is -0.574. The van der Waals surface area contributed by atoms with Crippen LogP contribution in [0.4, 0.5) is 16.5 Å². The Balaban J connectivity index is 1.60. The van der Waals surface area contributed by atoms with Gasteiger partial charge < -0.3 is 0 Å². The van der Waals surface area contributed by atoms with E-state index >= 15 is 0 Å². The molecule has 1 amide bonds. The van der Waals surface area contributed by atoms with Crippen LogP contribution in [0.2, 0.25) is 0 Å². The molecular formula is C22H17N5O5S2. The summed E-state index contributed by atoms with van der Waals surface area (Å²) in [5.41, 5.74) is 0.735. The number of rotatable bonds is 8. The number of nitro benzene ring substituents is 1. The predicted molar refractivity (Wildman–Crippen MR) is 128 cm³/mol. The first-order valence-corrected chi connectivity index (χ1v) is 12.1. The second kappa shape index (κ2) is 9.77. The van der Waals surface area contributed by atoms with Crippen LogP contribution in [0.3, 0.4) is 0 Å². The highest BCUT2D eigenvalue weighted by atomic mass is 32.2. The van der Waals surface area contributed by atoms with Gasteiger partial charge in [0.25, 0.3) is 15.7 Å². The van der Waals surface area contributed by atoms with E-state index in [0.717, 1.165) is 21.2 Å². The normalized spacial score (nSPS) is 11.1. The zero-order valence-electron chi connectivity index (χ0n) is 17.4. The third-order valence-corrected chi connectivity index (χ3v) is 7.33. The van der Waals surface area contributed by atoms with E-state index in [1.807, 2.05) is 30.3 Å². The molecule has 3 aromatic carbocycles. The SMILES string of the molecule is O=C(CN(c1ccc([N+](=O)[O-])cc1)S(=O)(=O)c1ccccc1)Nc1nnc(-c2ccccc2)s1. The topological polar surface area (TPSA) is 135 Å². The van der Waals surface area contributed by atoms with Gasteiger partial charge in [0.15, 0.2) is 0 Å². The molecule has 4 rings (SSSR count). The lowest BCUT2D eigenvalue weighted by atomic mass is 10.2. The molecule has 4 aromatic rings. The molecule has 0 fully saturated rings. The van der Waals surface area contributed by atoms with Crippen molar-refractivity contribution in [1.82, 2.24) is 10.2 Å². The number of sulfonamides is 1. The van der Waals surface area contributed by atoms with Crippen LogP contribution >= 0.6 is 11.3 Å². The van der Waals surface area contributed by atoms with Crippen LogP contribution in [0, 0.1) is 10.1 Å². The fourth-order valence-electron chi connectivity index (χ4n) is 3.04. The minimum atomic E-state index is -4.14. The first-order chi connectivity index (χ1) is 16.3. The molecule has 0 radical (unpaired) electrons. The quantitative estimate of drug-likeness (QED) is 0.289. The summed E-state index contributed by atoms with van der Waals surface area (Å²) in [5.74, 6) is -0.645. The summed E-state index contributed by atoms with van der Waals surface area (Å²) in [6.07, 6.45) is 0. The average molecular weight is 496 g/mol. The number of nitro groups is 1. The monoisotopic (exact) mass is 495 g/mol. The summed E-state index contributed by atoms with van der Waals surface area (Å²) in [6, 6.07) is 21.8. The molecule has 0 atom stereocenters. The van der Waals surface area contributed by atoms with E-state index in [0.29, 0.717) is 5.01 Å². The molecular weight excluding hydrogens is 478 g/mol. The largest absolute Gasteiger partial charge is 0.299 e. The number of aromatic nitrogens is 2. The molecule has 12 heteroatoms. The van der Waals surface area contributed by atoms with E-state index in [1.165, 1.54) is 36.4 Å². The Morgan fingerprint density at radius 3 is 2.18 bits per heavy atom. The molecule has 0 bridgehead atoms. The number of anilines is 2. The summed E-state index contributed by atoms with van der Waals surface area (Å²) in [4.78, 5) is 23.2. The van der Waals surface area contributed by atoms with Crippen LogP contribution in [0.15, 0.2) is 89.8 Å². The van der Waals surface area contributed by atoms with Crippen molar-refractivity contribution in [2.24, 2.45) is 0 Å². The van der Waals surface area contributed by atoms with Gasteiger partial charge in [0.1, 0.15) is 11.6 Å². The van der Waals surface area contributed by atoms with Gasteiger partial charge >= 0.3 is 0 Å². The van der Waals surface area contributed by atoms with Crippen molar-refractivity contribution >= 4 is 43.8 Å². The fourth-order valence-corrected chi connectivity index (χ4v) is 5.24. The van der Waals surface area contributed by atoms with Crippen molar-refractivity contribution in [3.8, 4) is 10.6 Å². The Kier molecular flexibility index (Phi) is 6.61. The molecule has 0 saturated carbocycles. The van der Waals surface area contributed by atoms with Gasteiger partial charge in [-0.25, -0.2) is 8.42 Å². The Hall–Kier alpha value is -4.16. The number of non-ortho nitro benzene ring substituents is 1. The molecule has 34 heavy (non-hydrogen) atoms. The summed E-state index contributed by atoms with van der Waals surface area (Å²) in [7, 11) is -4.14. The van der Waals surface area contributed by atoms with Crippen LogP contribution in [-0.2, 0) is 14.8 Å². The van der Waals surface area contributed by atoms with Crippen molar-refractivity contribution in [3.63, 3.8) is 0 Å². The highest BCUT2D eigenvalue weighted by Gasteiger charge is 2.28. The van der Waals surface area contributed by atoms with E-state index in [9.17, 15) is 23.3 Å². The molecule has 0 saturated heterocycles. The molecule has 0 aliphatic heterocycles. The molecule has 0 spiro atoms. The van der Waals surface area contributed by atoms with Gasteiger partial charge in [0.05, 0.1) is 15.5 Å². The first-order valence-electron chi connectivity index (χ1n) is 9.85. The fraction of sp³-hybridized carbons (Fsp3) is 0.0455. The van der Waals surface area contributed by atoms with E-state index in [2.05, 4.69) is 15.5 Å². The van der Waals surface area contributed by atoms with Crippen molar-refractivity contribution in [2.45, 2.75) is 4.90 Å². The van der Waals surface area contributed by atoms with Gasteiger partial charge in [-0.3, -0.25) is 24.5 Å². The summed E-state index contributed by atoms with van der Waals surface area (Å²) >= 11 is 1.15. The lowest BCUT2D eigenvalue weighted by molar-refractivity contribution is -0.384. The van der Waals surface area contributed by atoms with Crippen LogP contribution in [0.1, 0.15) is 0 Å². The minimum absolute atomic E-state index is 0.0246. The van der Waals surface area contributed by atoms with Crippen molar-refractivity contribution in [1.29, 1.82) is 0 Å². The van der Waals surface area contributed by atoms with Gasteiger partial charge in [0.2, 0.25) is 11.0 Å². The lowest BCUT2D eigenvalue weighted by Gasteiger charge is -2.23. The van der Waals surface area contributed by atoms with Gasteiger partial charge in [-0.1, -0.05) is 59.9 Å². The second-order valence-corrected chi connectivity index (χ2v) is 9.76. The molecule has 0 unspecified atom stereocenters. The highest BCUT2D eigenvalue weighted by molar-refractivity contribution is 7.92. The average Bonchev–Trinajstić information content (AvgIpc) is 3.32. The predicted octanol–water partition coefficient (Wildman–Crippen LogP) is 3.95. The highest BCUT2D eigenvalue weighted by Crippen LogP contribution is 2.28. The van der Waals surface area contributed by atoms with E-state index in [-0.39, 0.29) is 21.4 Å². The van der Waals surface area contributed by atoms with Gasteiger partial charge in [0, 0.05) is 17.7 Å². The van der Waals surface area contributed by atoms with Gasteiger partial charge in [-0.05, 0) is 24.3 Å². The van der Waals surface area contributed by atoms with Gasteiger partial charge in [-0.2, -0.15) is 0 Å². The van der Waals surface area contributed by atoms with Crippen LogP contribution in [-0.4, -0.2) is 36.0 Å². The zero-order valence-corrected chi connectivity index (χ0v) is 19.1. The Morgan fingerprint density at radius 1 is 0.941 bits per heavy atom. The third kappa shape index (κ3) is 5.08. The standard InChI is InChI=1S/C22H17N5O5S2/c28-20(23-22-25-24-21(33-22)16-7-3-1-4-8-16)15-26(17-11-13-18(14-12-17)27(29)30)34(31,32)19-9-5-2-6-10-19/h1-14H,15H2,(H,23,25,28). The zero-order chi connectivity index (χ0) is 24.1. The van der Waals surface area contributed by atoms with E-state index in [4.69, 9.17) is 0 Å². The number of nitrogens with zero attached hydrogens (tertiary/aromatic N) is 4. The number of amides is 1. The second-order valence-electron chi connectivity index (χ2n) is 6.92. The molecule has 0 aliphatic carbocycles. The number of nitrogens with one attached hydrogen (secondary N) is 1. The van der Waals surface area contributed by atoms with Crippen molar-refractivity contribution in [3.05, 3.63) is 95.0 Å². The molecule has 1 N–H and O–H groups in total. The van der Waals surface area contributed by atoms with E-state index in [1.54, 1.807) is 18.2 Å². The molecule has 10 nitrogen and oxygen atoms in total. The van der Waals surface area contributed by atoms with Crippen LogP contribution < -0.4 is 9.62 Å². The van der Waals surface area contributed by atoms with Crippen molar-refractivity contribution < 1.29 is 18.1 Å². The van der Waals surface area contributed by atoms with Crippen molar-refractivity contribution in [2.75, 3.05) is 16.2 Å². The maximum Gasteiger partial charge on any atom is 0.269 e. The molecule has 1 aromatic heterocycles. The number of hydrogen-bond acceptors (Lipinski definition) is 8. The third-order valence-electron chi connectivity index (χ3n) is 4.66. The van der Waals surface area contributed by atoms with E-state index < -0.39 is 27.4 Å². The number of benzene rings is 3. The van der Waals surface area contributed by atoms with Crippen LogP contribution in [0.5, 0.6) is 0 Å². The number of carbonyl (C=O) groups excluding carboxylic acids is 1. The van der Waals surface area contributed by atoms with Gasteiger partial charge in [-0.15, -0.1) is 10.2 Å². The smallest absolute Gasteiger partial charge is 0.269 e. The van der Waals surface area contributed by atoms with Crippen LogP contribution in [0.25, 0.3) is 10.6 Å². The summed E-state index contributed by atoms with van der Waals surface area (Å²) < 4.78 is 27.5. The first kappa shape index (κ1) is 23.0. The lowest BCUT2D eigenvalue weighted by Crippen LogP contribution is -2.38. The summed E-state index contributed by atoms with van der Waals surface area (Å²) in [5, 5.41) is 22.4. The maximum absolute atomic E-state index is 13.3. The Bertz CT molecular complexity index is 1410. The minimum Gasteiger partial charge on any atom is -0.299 e.